The summed E-state index contributed by atoms with van der Waals surface area (Å²) in [5.41, 5.74) is -0.663. The number of aliphatic hydroxyl groups is 1. The molecule has 3 aliphatic rings. The number of carbonyl (C=O) groups is 2. The number of carbonyl (C=O) groups excluding carboxylic acids is 1. The van der Waals surface area contributed by atoms with Gasteiger partial charge >= 0.3 is 5.97 Å². The largest absolute Gasteiger partial charge is 0.481 e. The molecule has 0 aromatic rings. The maximum Gasteiger partial charge on any atom is 0.307 e. The average molecular weight is 225 g/mol. The van der Waals surface area contributed by atoms with E-state index >= 15 is 0 Å². The topological polar surface area (TPSA) is 77.8 Å². The summed E-state index contributed by atoms with van der Waals surface area (Å²) in [5, 5.41) is 18.8. The first kappa shape index (κ1) is 10.1. The van der Waals surface area contributed by atoms with Crippen LogP contribution in [-0.2, 0) is 9.59 Å². The van der Waals surface area contributed by atoms with Crippen LogP contribution in [0.15, 0.2) is 0 Å². The van der Waals surface area contributed by atoms with Crippen molar-refractivity contribution in [1.82, 2.24) is 4.90 Å². The fourth-order valence-electron chi connectivity index (χ4n) is 2.62. The standard InChI is InChI=1S/C11H15NO4/c13-9(7-3-8(7)10(14)15)12-4-11(16,5-12)6-1-2-6/h6-8,16H,1-5H2,(H,14,15). The monoisotopic (exact) mass is 225 g/mol. The van der Waals surface area contributed by atoms with Crippen molar-refractivity contribution in [2.45, 2.75) is 24.9 Å². The lowest BCUT2D eigenvalue weighted by molar-refractivity contribution is -0.161. The number of rotatable bonds is 3. The minimum absolute atomic E-state index is 0.0854. The van der Waals surface area contributed by atoms with Gasteiger partial charge in [0, 0.05) is 0 Å². The van der Waals surface area contributed by atoms with Gasteiger partial charge in [-0.3, -0.25) is 9.59 Å². The Bertz CT molecular complexity index is 357. The van der Waals surface area contributed by atoms with Gasteiger partial charge in [0.1, 0.15) is 5.60 Å². The third kappa shape index (κ3) is 1.42. The van der Waals surface area contributed by atoms with Crippen LogP contribution in [0.2, 0.25) is 0 Å². The van der Waals surface area contributed by atoms with E-state index in [0.29, 0.717) is 25.4 Å². The Morgan fingerprint density at radius 2 is 1.81 bits per heavy atom. The smallest absolute Gasteiger partial charge is 0.307 e. The summed E-state index contributed by atoms with van der Waals surface area (Å²) in [6.07, 6.45) is 2.58. The van der Waals surface area contributed by atoms with Crippen molar-refractivity contribution in [2.75, 3.05) is 13.1 Å². The predicted molar refractivity (Wildman–Crippen MR) is 53.5 cm³/mol. The maximum atomic E-state index is 11.8. The summed E-state index contributed by atoms with van der Waals surface area (Å²) in [7, 11) is 0. The summed E-state index contributed by atoms with van der Waals surface area (Å²) in [5.74, 6) is -1.41. The molecule has 0 spiro atoms. The first-order valence-electron chi connectivity index (χ1n) is 5.75. The number of β-amino-alcohol motifs (C(OH)–C–C–N with tert-alkyl or cyclic N) is 1. The highest BCUT2D eigenvalue weighted by Gasteiger charge is 2.57. The highest BCUT2D eigenvalue weighted by molar-refractivity contribution is 5.90. The molecule has 5 heteroatoms. The van der Waals surface area contributed by atoms with Crippen LogP contribution in [0.1, 0.15) is 19.3 Å². The molecule has 2 atom stereocenters. The minimum atomic E-state index is -0.878. The molecular formula is C11H15NO4. The fourth-order valence-corrected chi connectivity index (χ4v) is 2.62. The highest BCUT2D eigenvalue weighted by atomic mass is 16.4. The molecule has 1 saturated heterocycles. The van der Waals surface area contributed by atoms with E-state index in [2.05, 4.69) is 0 Å². The van der Waals surface area contributed by atoms with E-state index in [1.54, 1.807) is 4.90 Å². The summed E-state index contributed by atoms with van der Waals surface area (Å²) in [6, 6.07) is 0. The first-order chi connectivity index (χ1) is 7.51. The molecular weight excluding hydrogens is 210 g/mol. The molecule has 0 bridgehead atoms. The molecule has 0 aromatic heterocycles. The van der Waals surface area contributed by atoms with Gasteiger partial charge in [-0.05, 0) is 25.2 Å². The first-order valence-corrected chi connectivity index (χ1v) is 5.75. The maximum absolute atomic E-state index is 11.8. The summed E-state index contributed by atoms with van der Waals surface area (Å²) >= 11 is 0. The zero-order chi connectivity index (χ0) is 11.5. The summed E-state index contributed by atoms with van der Waals surface area (Å²) < 4.78 is 0. The Morgan fingerprint density at radius 3 is 2.25 bits per heavy atom. The molecule has 1 amide bonds. The van der Waals surface area contributed by atoms with Crippen molar-refractivity contribution >= 4 is 11.9 Å². The van der Waals surface area contributed by atoms with Gasteiger partial charge in [0.05, 0.1) is 24.9 Å². The van der Waals surface area contributed by atoms with Crippen molar-refractivity contribution in [2.24, 2.45) is 17.8 Å². The molecule has 0 aromatic carbocycles. The molecule has 1 heterocycles. The minimum Gasteiger partial charge on any atom is -0.481 e. The number of hydrogen-bond donors (Lipinski definition) is 2. The molecule has 2 N–H and O–H groups in total. The average Bonchev–Trinajstić information content (AvgIpc) is 3.01. The third-order valence-electron chi connectivity index (χ3n) is 4.00. The Hall–Kier alpha value is -1.10. The van der Waals surface area contributed by atoms with Gasteiger partial charge in [0.15, 0.2) is 0 Å². The zero-order valence-corrected chi connectivity index (χ0v) is 8.93. The molecule has 16 heavy (non-hydrogen) atoms. The molecule has 2 unspecified atom stereocenters. The number of likely N-dealkylation sites (tertiary alicyclic amines) is 1. The highest BCUT2D eigenvalue weighted by Crippen LogP contribution is 2.47. The fraction of sp³-hybridized carbons (Fsp3) is 0.818. The third-order valence-corrected chi connectivity index (χ3v) is 4.00. The summed E-state index contributed by atoms with van der Waals surface area (Å²) in [4.78, 5) is 24.0. The van der Waals surface area contributed by atoms with E-state index in [1.165, 1.54) is 0 Å². The number of nitrogens with zero attached hydrogens (tertiary/aromatic N) is 1. The van der Waals surface area contributed by atoms with Crippen LogP contribution in [0.4, 0.5) is 0 Å². The normalized spacial score (nSPS) is 35.4. The van der Waals surface area contributed by atoms with E-state index in [1.807, 2.05) is 0 Å². The van der Waals surface area contributed by atoms with Crippen molar-refractivity contribution in [3.05, 3.63) is 0 Å². The number of carboxylic acids is 1. The van der Waals surface area contributed by atoms with Crippen LogP contribution >= 0.6 is 0 Å². The lowest BCUT2D eigenvalue weighted by Gasteiger charge is -2.47. The number of amides is 1. The van der Waals surface area contributed by atoms with Crippen molar-refractivity contribution in [3.8, 4) is 0 Å². The van der Waals surface area contributed by atoms with Crippen molar-refractivity contribution < 1.29 is 19.8 Å². The van der Waals surface area contributed by atoms with Crippen LogP contribution in [0.5, 0.6) is 0 Å². The number of aliphatic carboxylic acids is 1. The second-order valence-electron chi connectivity index (χ2n) is 5.36. The lowest BCUT2D eigenvalue weighted by atomic mass is 9.88. The SMILES string of the molecule is O=C(O)C1CC1C(=O)N1CC(O)(C2CC2)C1. The Kier molecular flexibility index (Phi) is 1.87. The van der Waals surface area contributed by atoms with Gasteiger partial charge in [-0.25, -0.2) is 0 Å². The summed E-state index contributed by atoms with van der Waals surface area (Å²) in [6.45, 7) is 0.804. The van der Waals surface area contributed by atoms with E-state index in [0.717, 1.165) is 12.8 Å². The number of hydrogen-bond acceptors (Lipinski definition) is 3. The quantitative estimate of drug-likeness (QED) is 0.690. The number of carboxylic acid groups (broad SMARTS) is 1. The van der Waals surface area contributed by atoms with Crippen LogP contribution in [0.25, 0.3) is 0 Å². The zero-order valence-electron chi connectivity index (χ0n) is 8.93. The molecule has 2 aliphatic carbocycles. The van der Waals surface area contributed by atoms with Crippen LogP contribution in [0, 0.1) is 17.8 Å². The van der Waals surface area contributed by atoms with Crippen molar-refractivity contribution in [3.63, 3.8) is 0 Å². The van der Waals surface area contributed by atoms with Crippen molar-refractivity contribution in [1.29, 1.82) is 0 Å². The second kappa shape index (κ2) is 2.97. The van der Waals surface area contributed by atoms with Gasteiger partial charge in [0.2, 0.25) is 5.91 Å². The van der Waals surface area contributed by atoms with Crippen LogP contribution < -0.4 is 0 Å². The van der Waals surface area contributed by atoms with E-state index in [-0.39, 0.29) is 11.8 Å². The van der Waals surface area contributed by atoms with Crippen LogP contribution in [-0.4, -0.2) is 45.7 Å². The van der Waals surface area contributed by atoms with Gasteiger partial charge in [0.25, 0.3) is 0 Å². The van der Waals surface area contributed by atoms with Gasteiger partial charge in [-0.2, -0.15) is 0 Å². The van der Waals surface area contributed by atoms with E-state index in [9.17, 15) is 14.7 Å². The Labute approximate surface area is 93.0 Å². The van der Waals surface area contributed by atoms with Gasteiger partial charge in [-0.15, -0.1) is 0 Å². The second-order valence-corrected chi connectivity index (χ2v) is 5.36. The van der Waals surface area contributed by atoms with E-state index in [4.69, 9.17) is 5.11 Å². The lowest BCUT2D eigenvalue weighted by Crippen LogP contribution is -2.65. The molecule has 3 fully saturated rings. The van der Waals surface area contributed by atoms with E-state index < -0.39 is 17.5 Å². The molecule has 0 radical (unpaired) electrons. The van der Waals surface area contributed by atoms with Gasteiger partial charge in [-0.1, -0.05) is 0 Å². The molecule has 2 saturated carbocycles. The molecule has 3 rings (SSSR count). The Morgan fingerprint density at radius 1 is 1.19 bits per heavy atom. The van der Waals surface area contributed by atoms with Crippen LogP contribution in [0.3, 0.4) is 0 Å². The molecule has 5 nitrogen and oxygen atoms in total. The molecule has 1 aliphatic heterocycles. The van der Waals surface area contributed by atoms with Gasteiger partial charge < -0.3 is 15.1 Å². The Balaban J connectivity index is 1.53. The predicted octanol–water partition coefficient (Wildman–Crippen LogP) is -0.310. The molecule has 88 valence electrons.